The summed E-state index contributed by atoms with van der Waals surface area (Å²) < 4.78 is 0. The molecule has 0 N–H and O–H groups in total. The monoisotopic (exact) mass is 355 g/mol. The lowest BCUT2D eigenvalue weighted by atomic mass is 10.1. The summed E-state index contributed by atoms with van der Waals surface area (Å²) >= 11 is 6.14. The van der Waals surface area contributed by atoms with E-state index in [1.165, 1.54) is 4.80 Å². The second kappa shape index (κ2) is 7.44. The molecule has 0 saturated heterocycles. The summed E-state index contributed by atoms with van der Waals surface area (Å²) in [4.78, 5) is 15.4. The predicted octanol–water partition coefficient (Wildman–Crippen LogP) is 2.96. The van der Waals surface area contributed by atoms with E-state index in [2.05, 4.69) is 15.4 Å². The molecule has 0 saturated carbocycles. The van der Waals surface area contributed by atoms with Crippen molar-refractivity contribution >= 4 is 17.5 Å². The van der Waals surface area contributed by atoms with Crippen LogP contribution in [0, 0.1) is 6.92 Å². The number of amides is 1. The van der Waals surface area contributed by atoms with Crippen molar-refractivity contribution in [1.82, 2.24) is 25.1 Å². The summed E-state index contributed by atoms with van der Waals surface area (Å²) in [6.45, 7) is 2.60. The van der Waals surface area contributed by atoms with E-state index in [0.29, 0.717) is 23.0 Å². The van der Waals surface area contributed by atoms with Gasteiger partial charge in [0, 0.05) is 19.2 Å². The van der Waals surface area contributed by atoms with E-state index in [9.17, 15) is 4.79 Å². The highest BCUT2D eigenvalue weighted by Gasteiger charge is 2.15. The van der Waals surface area contributed by atoms with Gasteiger partial charge in [0.2, 0.25) is 11.7 Å². The third-order valence-electron chi connectivity index (χ3n) is 3.94. The molecule has 0 aliphatic heterocycles. The molecule has 0 aliphatic carbocycles. The van der Waals surface area contributed by atoms with Crippen LogP contribution in [0.2, 0.25) is 5.02 Å². The molecule has 6 nitrogen and oxygen atoms in total. The van der Waals surface area contributed by atoms with Crippen LogP contribution >= 0.6 is 11.6 Å². The first kappa shape index (κ1) is 17.1. The molecule has 0 bridgehead atoms. The molecule has 0 atom stereocenters. The highest BCUT2D eigenvalue weighted by molar-refractivity contribution is 6.33. The molecule has 128 valence electrons. The third kappa shape index (κ3) is 4.03. The molecule has 0 spiro atoms. The molecular weight excluding hydrogens is 338 g/mol. The first-order valence-electron chi connectivity index (χ1n) is 7.86. The average Bonchev–Trinajstić information content (AvgIpc) is 3.05. The Morgan fingerprint density at radius 2 is 1.88 bits per heavy atom. The van der Waals surface area contributed by atoms with Crippen molar-refractivity contribution in [3.8, 4) is 11.4 Å². The minimum Gasteiger partial charge on any atom is -0.340 e. The number of carbonyl (C=O) groups excluding carboxylic acids is 1. The van der Waals surface area contributed by atoms with E-state index >= 15 is 0 Å². The van der Waals surface area contributed by atoms with Crippen molar-refractivity contribution in [3.05, 3.63) is 64.7 Å². The Bertz CT molecular complexity index is 892. The molecule has 0 fully saturated rings. The van der Waals surface area contributed by atoms with E-state index in [0.717, 1.165) is 11.1 Å². The number of halogens is 1. The number of hydrogen-bond acceptors (Lipinski definition) is 4. The molecule has 3 aromatic rings. The molecule has 1 heterocycles. The van der Waals surface area contributed by atoms with E-state index in [4.69, 9.17) is 11.6 Å². The Balaban J connectivity index is 1.67. The first-order chi connectivity index (χ1) is 12.0. The standard InChI is InChI=1S/C18H18ClN5O/c1-13-7-3-4-8-14(13)11-23(2)17(25)12-24-21-18(20-22-24)15-9-5-6-10-16(15)19/h3-10H,11-12H2,1-2H3. The van der Waals surface area contributed by atoms with Gasteiger partial charge in [0.25, 0.3) is 0 Å². The molecule has 7 heteroatoms. The summed E-state index contributed by atoms with van der Waals surface area (Å²) in [5.41, 5.74) is 2.96. The lowest BCUT2D eigenvalue weighted by Crippen LogP contribution is -2.30. The maximum absolute atomic E-state index is 12.4. The van der Waals surface area contributed by atoms with Gasteiger partial charge < -0.3 is 4.90 Å². The summed E-state index contributed by atoms with van der Waals surface area (Å²) in [5.74, 6) is 0.311. The summed E-state index contributed by atoms with van der Waals surface area (Å²) in [6.07, 6.45) is 0. The number of aryl methyl sites for hydroxylation is 1. The predicted molar refractivity (Wildman–Crippen MR) is 95.9 cm³/mol. The minimum atomic E-state index is -0.0913. The molecular formula is C18H18ClN5O. The number of aromatic nitrogens is 4. The second-order valence-corrected chi connectivity index (χ2v) is 6.21. The van der Waals surface area contributed by atoms with Gasteiger partial charge in [-0.2, -0.15) is 4.80 Å². The smallest absolute Gasteiger partial charge is 0.246 e. The van der Waals surface area contributed by atoms with Gasteiger partial charge in [-0.1, -0.05) is 48.0 Å². The lowest BCUT2D eigenvalue weighted by Gasteiger charge is -2.18. The summed E-state index contributed by atoms with van der Waals surface area (Å²) in [6, 6.07) is 15.3. The highest BCUT2D eigenvalue weighted by Crippen LogP contribution is 2.23. The fourth-order valence-corrected chi connectivity index (χ4v) is 2.65. The molecule has 2 aromatic carbocycles. The minimum absolute atomic E-state index is 0.0276. The lowest BCUT2D eigenvalue weighted by molar-refractivity contribution is -0.131. The number of hydrogen-bond donors (Lipinski definition) is 0. The van der Waals surface area contributed by atoms with Crippen molar-refractivity contribution in [2.75, 3.05) is 7.05 Å². The van der Waals surface area contributed by atoms with Crippen LogP contribution in [0.5, 0.6) is 0 Å². The van der Waals surface area contributed by atoms with Crippen LogP contribution in [-0.4, -0.2) is 38.1 Å². The Hall–Kier alpha value is -2.73. The molecule has 1 amide bonds. The van der Waals surface area contributed by atoms with Crippen LogP contribution in [0.25, 0.3) is 11.4 Å². The van der Waals surface area contributed by atoms with Crippen molar-refractivity contribution in [2.45, 2.75) is 20.0 Å². The van der Waals surface area contributed by atoms with Crippen molar-refractivity contribution in [2.24, 2.45) is 0 Å². The van der Waals surface area contributed by atoms with Crippen molar-refractivity contribution in [3.63, 3.8) is 0 Å². The van der Waals surface area contributed by atoms with Crippen molar-refractivity contribution < 1.29 is 4.79 Å². The van der Waals surface area contributed by atoms with E-state index in [1.54, 1.807) is 18.0 Å². The zero-order valence-corrected chi connectivity index (χ0v) is 14.8. The average molecular weight is 356 g/mol. The molecule has 0 aliphatic rings. The quantitative estimate of drug-likeness (QED) is 0.705. The fraction of sp³-hybridized carbons (Fsp3) is 0.222. The Morgan fingerprint density at radius 3 is 2.64 bits per heavy atom. The van der Waals surface area contributed by atoms with Crippen molar-refractivity contribution in [1.29, 1.82) is 0 Å². The Kier molecular flexibility index (Phi) is 5.09. The second-order valence-electron chi connectivity index (χ2n) is 5.80. The topological polar surface area (TPSA) is 63.9 Å². The zero-order chi connectivity index (χ0) is 17.8. The highest BCUT2D eigenvalue weighted by atomic mass is 35.5. The van der Waals surface area contributed by atoms with Crippen LogP contribution in [0.15, 0.2) is 48.5 Å². The van der Waals surface area contributed by atoms with E-state index in [-0.39, 0.29) is 12.5 Å². The van der Waals surface area contributed by atoms with Crippen LogP contribution in [-0.2, 0) is 17.9 Å². The SMILES string of the molecule is Cc1ccccc1CN(C)C(=O)Cn1nnc(-c2ccccc2Cl)n1. The maximum atomic E-state index is 12.4. The molecule has 25 heavy (non-hydrogen) atoms. The van der Waals surface area contributed by atoms with Gasteiger partial charge in [-0.25, -0.2) is 0 Å². The third-order valence-corrected chi connectivity index (χ3v) is 4.27. The van der Waals surface area contributed by atoms with Crippen LogP contribution < -0.4 is 0 Å². The van der Waals surface area contributed by atoms with Gasteiger partial charge in [-0.3, -0.25) is 4.79 Å². The Labute approximate surface area is 151 Å². The van der Waals surface area contributed by atoms with Gasteiger partial charge >= 0.3 is 0 Å². The van der Waals surface area contributed by atoms with Crippen LogP contribution in [0.1, 0.15) is 11.1 Å². The summed E-state index contributed by atoms with van der Waals surface area (Å²) in [5, 5.41) is 12.7. The first-order valence-corrected chi connectivity index (χ1v) is 8.23. The van der Waals surface area contributed by atoms with Gasteiger partial charge in [0.15, 0.2) is 0 Å². The van der Waals surface area contributed by atoms with Gasteiger partial charge in [0.05, 0.1) is 5.02 Å². The van der Waals surface area contributed by atoms with Crippen LogP contribution in [0.4, 0.5) is 0 Å². The van der Waals surface area contributed by atoms with Gasteiger partial charge in [0.1, 0.15) is 6.54 Å². The molecule has 0 unspecified atom stereocenters. The number of rotatable bonds is 5. The zero-order valence-electron chi connectivity index (χ0n) is 14.1. The fourth-order valence-electron chi connectivity index (χ4n) is 2.43. The largest absolute Gasteiger partial charge is 0.340 e. The number of likely N-dealkylation sites (N-methyl/N-ethyl adjacent to an activating group) is 1. The summed E-state index contributed by atoms with van der Waals surface area (Å²) in [7, 11) is 1.76. The maximum Gasteiger partial charge on any atom is 0.246 e. The number of tetrazole rings is 1. The van der Waals surface area contributed by atoms with E-state index in [1.807, 2.05) is 49.4 Å². The Morgan fingerprint density at radius 1 is 1.16 bits per heavy atom. The molecule has 1 aromatic heterocycles. The number of benzene rings is 2. The number of nitrogens with zero attached hydrogens (tertiary/aromatic N) is 5. The van der Waals surface area contributed by atoms with E-state index < -0.39 is 0 Å². The van der Waals surface area contributed by atoms with Gasteiger partial charge in [-0.05, 0) is 35.4 Å². The normalized spacial score (nSPS) is 10.7. The van der Waals surface area contributed by atoms with Crippen LogP contribution in [0.3, 0.4) is 0 Å². The molecule has 0 radical (unpaired) electrons. The number of carbonyl (C=O) groups is 1. The van der Waals surface area contributed by atoms with Gasteiger partial charge in [-0.15, -0.1) is 10.2 Å². The molecule has 3 rings (SSSR count).